The average molecular weight is 475 g/mol. The van der Waals surface area contributed by atoms with Gasteiger partial charge in [-0.3, -0.25) is 4.79 Å². The van der Waals surface area contributed by atoms with E-state index in [0.717, 1.165) is 35.5 Å². The SMILES string of the molecule is CC(C)(C)NC(=O)N1CCN2C(C3CC3)=C(c3ccc(Oc4ccccc4)cc3)C(C(N)=O)C2C1. The summed E-state index contributed by atoms with van der Waals surface area (Å²) < 4.78 is 5.96. The lowest BCUT2D eigenvalue weighted by atomic mass is 9.87. The molecule has 0 spiro atoms. The Morgan fingerprint density at radius 3 is 2.23 bits per heavy atom. The lowest BCUT2D eigenvalue weighted by Crippen LogP contribution is -2.59. The lowest BCUT2D eigenvalue weighted by molar-refractivity contribution is -0.121. The number of amides is 3. The van der Waals surface area contributed by atoms with Crippen LogP contribution in [0.3, 0.4) is 0 Å². The van der Waals surface area contributed by atoms with Crippen LogP contribution in [0.4, 0.5) is 4.79 Å². The van der Waals surface area contributed by atoms with Crippen LogP contribution in [-0.2, 0) is 4.79 Å². The lowest BCUT2D eigenvalue weighted by Gasteiger charge is -2.42. The normalized spacial score (nSPS) is 22.1. The van der Waals surface area contributed by atoms with Crippen LogP contribution in [0.25, 0.3) is 5.57 Å². The molecule has 7 heteroatoms. The minimum atomic E-state index is -0.461. The van der Waals surface area contributed by atoms with E-state index in [-0.39, 0.29) is 23.5 Å². The van der Waals surface area contributed by atoms with Crippen molar-refractivity contribution in [2.45, 2.75) is 45.2 Å². The molecule has 2 heterocycles. The summed E-state index contributed by atoms with van der Waals surface area (Å²) in [4.78, 5) is 29.9. The molecular formula is C28H34N4O3. The number of hydrogen-bond acceptors (Lipinski definition) is 4. The van der Waals surface area contributed by atoms with Gasteiger partial charge in [0.05, 0.1) is 12.0 Å². The fraction of sp³-hybridized carbons (Fsp3) is 0.429. The molecule has 2 fully saturated rings. The van der Waals surface area contributed by atoms with Crippen molar-refractivity contribution in [3.8, 4) is 11.5 Å². The van der Waals surface area contributed by atoms with E-state index in [4.69, 9.17) is 10.5 Å². The molecule has 2 atom stereocenters. The van der Waals surface area contributed by atoms with E-state index < -0.39 is 5.92 Å². The molecule has 7 nitrogen and oxygen atoms in total. The molecule has 2 aromatic rings. The highest BCUT2D eigenvalue weighted by Gasteiger charge is 2.50. The second-order valence-corrected chi connectivity index (χ2v) is 10.8. The summed E-state index contributed by atoms with van der Waals surface area (Å²) in [7, 11) is 0. The van der Waals surface area contributed by atoms with E-state index in [1.807, 2.05) is 80.3 Å². The molecule has 2 aromatic carbocycles. The quantitative estimate of drug-likeness (QED) is 0.680. The van der Waals surface area contributed by atoms with Gasteiger partial charge in [0, 0.05) is 30.9 Å². The third-order valence-corrected chi connectivity index (χ3v) is 6.88. The zero-order valence-electron chi connectivity index (χ0n) is 20.7. The van der Waals surface area contributed by atoms with Gasteiger partial charge in [-0.15, -0.1) is 0 Å². The van der Waals surface area contributed by atoms with Gasteiger partial charge < -0.3 is 25.6 Å². The molecule has 3 aliphatic rings. The zero-order chi connectivity index (χ0) is 24.7. The first-order valence-corrected chi connectivity index (χ1v) is 12.4. The van der Waals surface area contributed by atoms with E-state index >= 15 is 0 Å². The standard InChI is InChI=1S/C28H34N4O3/c1-28(2,3)30-27(34)31-15-16-32-22(17-31)24(26(29)33)23(25(32)19-9-10-19)18-11-13-21(14-12-18)35-20-7-5-4-6-8-20/h4-8,11-14,19,22,24H,9-10,15-17H2,1-3H3,(H2,29,33)(H,30,34). The Labute approximate surface area is 206 Å². The van der Waals surface area contributed by atoms with Crippen molar-refractivity contribution in [2.24, 2.45) is 17.6 Å². The molecular weight excluding hydrogens is 440 g/mol. The number of ether oxygens (including phenoxy) is 1. The summed E-state index contributed by atoms with van der Waals surface area (Å²) in [5, 5.41) is 3.05. The molecule has 1 saturated heterocycles. The van der Waals surface area contributed by atoms with Crippen LogP contribution in [0.2, 0.25) is 0 Å². The Balaban J connectivity index is 1.43. The number of carbonyl (C=O) groups is 2. The number of carbonyl (C=O) groups excluding carboxylic acids is 2. The monoisotopic (exact) mass is 474 g/mol. The summed E-state index contributed by atoms with van der Waals surface area (Å²) in [6.45, 7) is 7.72. The van der Waals surface area contributed by atoms with Crippen LogP contribution in [0.5, 0.6) is 11.5 Å². The molecule has 2 aliphatic heterocycles. The number of hydrogen-bond donors (Lipinski definition) is 2. The summed E-state index contributed by atoms with van der Waals surface area (Å²) in [5.74, 6) is 1.17. The number of primary amides is 1. The molecule has 2 unspecified atom stereocenters. The first-order chi connectivity index (χ1) is 16.7. The van der Waals surface area contributed by atoms with Gasteiger partial charge in [-0.05, 0) is 74.9 Å². The number of allylic oxidation sites excluding steroid dienone is 1. The predicted octanol–water partition coefficient (Wildman–Crippen LogP) is 4.21. The molecule has 184 valence electrons. The minimum Gasteiger partial charge on any atom is -0.457 e. The van der Waals surface area contributed by atoms with Crippen molar-refractivity contribution in [3.05, 3.63) is 65.9 Å². The van der Waals surface area contributed by atoms with E-state index in [2.05, 4.69) is 10.2 Å². The number of piperazine rings is 1. The molecule has 0 aromatic heterocycles. The van der Waals surface area contributed by atoms with Crippen LogP contribution in [0.15, 0.2) is 60.3 Å². The second-order valence-electron chi connectivity index (χ2n) is 10.8. The number of nitrogens with zero attached hydrogens (tertiary/aromatic N) is 2. The summed E-state index contributed by atoms with van der Waals surface area (Å²) in [6.07, 6.45) is 2.24. The number of rotatable bonds is 5. The number of benzene rings is 2. The Kier molecular flexibility index (Phi) is 5.95. The minimum absolute atomic E-state index is 0.0933. The van der Waals surface area contributed by atoms with E-state index in [0.29, 0.717) is 25.6 Å². The van der Waals surface area contributed by atoms with Gasteiger partial charge in [0.1, 0.15) is 11.5 Å². The van der Waals surface area contributed by atoms with E-state index in [1.165, 1.54) is 5.70 Å². The van der Waals surface area contributed by atoms with Crippen molar-refractivity contribution in [2.75, 3.05) is 19.6 Å². The van der Waals surface area contributed by atoms with Gasteiger partial charge >= 0.3 is 6.03 Å². The van der Waals surface area contributed by atoms with Gasteiger partial charge in [-0.2, -0.15) is 0 Å². The first kappa shape index (κ1) is 23.3. The fourth-order valence-corrected chi connectivity index (χ4v) is 5.28. The topological polar surface area (TPSA) is 87.9 Å². The number of nitrogens with two attached hydrogens (primary N) is 1. The van der Waals surface area contributed by atoms with Gasteiger partial charge in [-0.1, -0.05) is 30.3 Å². The maximum absolute atomic E-state index is 12.9. The van der Waals surface area contributed by atoms with Crippen molar-refractivity contribution in [1.82, 2.24) is 15.1 Å². The van der Waals surface area contributed by atoms with Crippen molar-refractivity contribution >= 4 is 17.5 Å². The third kappa shape index (κ3) is 4.85. The molecule has 35 heavy (non-hydrogen) atoms. The maximum Gasteiger partial charge on any atom is 0.317 e. The number of fused-ring (bicyclic) bond motifs is 1. The number of nitrogens with one attached hydrogen (secondary N) is 1. The van der Waals surface area contributed by atoms with Gasteiger partial charge in [0.15, 0.2) is 0 Å². The average Bonchev–Trinajstić information content (AvgIpc) is 3.59. The van der Waals surface area contributed by atoms with Crippen molar-refractivity contribution in [3.63, 3.8) is 0 Å². The highest BCUT2D eigenvalue weighted by molar-refractivity contribution is 5.94. The summed E-state index contributed by atoms with van der Waals surface area (Å²) in [5.41, 5.74) is 8.97. The zero-order valence-corrected chi connectivity index (χ0v) is 20.7. The fourth-order valence-electron chi connectivity index (χ4n) is 5.28. The molecule has 1 aliphatic carbocycles. The van der Waals surface area contributed by atoms with Gasteiger partial charge in [0.2, 0.25) is 5.91 Å². The Bertz CT molecular complexity index is 1130. The summed E-state index contributed by atoms with van der Waals surface area (Å²) in [6, 6.07) is 17.4. The van der Waals surface area contributed by atoms with Crippen LogP contribution in [0, 0.1) is 11.8 Å². The first-order valence-electron chi connectivity index (χ1n) is 12.4. The smallest absolute Gasteiger partial charge is 0.317 e. The van der Waals surface area contributed by atoms with Crippen LogP contribution in [-0.4, -0.2) is 53.0 Å². The molecule has 0 bridgehead atoms. The highest BCUT2D eigenvalue weighted by atomic mass is 16.5. The maximum atomic E-state index is 12.9. The Morgan fingerprint density at radius 2 is 1.63 bits per heavy atom. The van der Waals surface area contributed by atoms with Crippen LogP contribution >= 0.6 is 0 Å². The van der Waals surface area contributed by atoms with Crippen LogP contribution < -0.4 is 15.8 Å². The molecule has 5 rings (SSSR count). The summed E-state index contributed by atoms with van der Waals surface area (Å²) >= 11 is 0. The Morgan fingerprint density at radius 1 is 0.971 bits per heavy atom. The molecule has 0 radical (unpaired) electrons. The third-order valence-electron chi connectivity index (χ3n) is 6.88. The second kappa shape index (κ2) is 8.95. The molecule has 3 N–H and O–H groups in total. The van der Waals surface area contributed by atoms with Crippen LogP contribution in [0.1, 0.15) is 39.2 Å². The van der Waals surface area contributed by atoms with Gasteiger partial charge in [0.25, 0.3) is 0 Å². The number of urea groups is 1. The highest BCUT2D eigenvalue weighted by Crippen LogP contribution is 2.51. The van der Waals surface area contributed by atoms with Crippen molar-refractivity contribution < 1.29 is 14.3 Å². The van der Waals surface area contributed by atoms with E-state index in [1.54, 1.807) is 0 Å². The van der Waals surface area contributed by atoms with E-state index in [9.17, 15) is 9.59 Å². The number of para-hydroxylation sites is 1. The molecule has 3 amide bonds. The predicted molar refractivity (Wildman–Crippen MR) is 136 cm³/mol. The van der Waals surface area contributed by atoms with Gasteiger partial charge in [-0.25, -0.2) is 4.79 Å². The molecule has 1 saturated carbocycles. The van der Waals surface area contributed by atoms with Crippen molar-refractivity contribution in [1.29, 1.82) is 0 Å². The largest absolute Gasteiger partial charge is 0.457 e. The Hall–Kier alpha value is -3.48.